The van der Waals surface area contributed by atoms with Crippen LogP contribution in [0.2, 0.25) is 0 Å². The quantitative estimate of drug-likeness (QED) is 0.423. The van der Waals surface area contributed by atoms with E-state index in [4.69, 9.17) is 9.47 Å². The Morgan fingerprint density at radius 1 is 1.14 bits per heavy atom. The van der Waals surface area contributed by atoms with Crippen LogP contribution in [0.4, 0.5) is 0 Å². The maximum Gasteiger partial charge on any atom is 0.338 e. The minimum absolute atomic E-state index is 0.145. The lowest BCUT2D eigenvalue weighted by atomic mass is 9.90. The molecule has 36 heavy (non-hydrogen) atoms. The van der Waals surface area contributed by atoms with Crippen molar-refractivity contribution in [3.8, 4) is 11.5 Å². The Kier molecular flexibility index (Phi) is 6.20. The van der Waals surface area contributed by atoms with E-state index in [1.165, 1.54) is 11.3 Å². The molecule has 7 nitrogen and oxygen atoms in total. The van der Waals surface area contributed by atoms with Crippen LogP contribution in [0, 0.1) is 0 Å². The molecular formula is C28H24N2O5S. The lowest BCUT2D eigenvalue weighted by Crippen LogP contribution is -2.40. The molecule has 0 radical (unpaired) electrons. The SMILES string of the molecule is CCOC(=O)C1=C(C)N=c2s/c(=C\c3ccc(O)cc3)c(=O)n2C1c1c(OC)ccc2ccccc12. The van der Waals surface area contributed by atoms with E-state index in [1.54, 1.807) is 55.9 Å². The third-order valence-electron chi connectivity index (χ3n) is 6.13. The van der Waals surface area contributed by atoms with Gasteiger partial charge in [-0.2, -0.15) is 0 Å². The number of carbonyl (C=O) groups is 1. The number of aromatic hydroxyl groups is 1. The molecule has 4 aromatic rings. The number of thiazole rings is 1. The zero-order valence-electron chi connectivity index (χ0n) is 20.0. The molecule has 0 spiro atoms. The predicted octanol–water partition coefficient (Wildman–Crippen LogP) is 3.67. The second-order valence-electron chi connectivity index (χ2n) is 8.30. The Balaban J connectivity index is 1.84. The molecule has 1 aliphatic heterocycles. The van der Waals surface area contributed by atoms with Gasteiger partial charge in [-0.3, -0.25) is 9.36 Å². The highest BCUT2D eigenvalue weighted by molar-refractivity contribution is 7.07. The smallest absolute Gasteiger partial charge is 0.338 e. The van der Waals surface area contributed by atoms with E-state index in [-0.39, 0.29) is 17.9 Å². The molecule has 0 amide bonds. The third-order valence-corrected chi connectivity index (χ3v) is 7.11. The van der Waals surface area contributed by atoms with Gasteiger partial charge in [0.2, 0.25) is 0 Å². The highest BCUT2D eigenvalue weighted by atomic mass is 32.1. The molecule has 0 saturated heterocycles. The number of rotatable bonds is 5. The van der Waals surface area contributed by atoms with Crippen LogP contribution in [0.5, 0.6) is 11.5 Å². The van der Waals surface area contributed by atoms with Crippen molar-refractivity contribution in [1.82, 2.24) is 4.57 Å². The van der Waals surface area contributed by atoms with Crippen molar-refractivity contribution >= 4 is 34.2 Å². The van der Waals surface area contributed by atoms with Gasteiger partial charge in [0.25, 0.3) is 5.56 Å². The predicted molar refractivity (Wildman–Crippen MR) is 139 cm³/mol. The molecule has 0 saturated carbocycles. The largest absolute Gasteiger partial charge is 0.508 e. The lowest BCUT2D eigenvalue weighted by Gasteiger charge is -2.27. The average molecular weight is 501 g/mol. The molecule has 0 fully saturated rings. The Labute approximate surface area is 210 Å². The minimum Gasteiger partial charge on any atom is -0.508 e. The zero-order valence-corrected chi connectivity index (χ0v) is 20.8. The first-order valence-corrected chi connectivity index (χ1v) is 12.3. The standard InChI is InChI=1S/C28H24N2O5S/c1-4-35-27(33)23-16(2)29-28-30(26(32)22(36-28)15-17-9-12-19(31)13-10-17)25(23)24-20-8-6-5-7-18(20)11-14-21(24)34-3/h5-15,25,31H,4H2,1-3H3/b22-15-. The molecule has 2 heterocycles. The maximum absolute atomic E-state index is 13.9. The van der Waals surface area contributed by atoms with Gasteiger partial charge in [0.1, 0.15) is 17.5 Å². The van der Waals surface area contributed by atoms with E-state index in [1.807, 2.05) is 36.4 Å². The molecule has 3 aromatic carbocycles. The van der Waals surface area contributed by atoms with E-state index in [0.717, 1.165) is 16.3 Å². The molecule has 1 aromatic heterocycles. The van der Waals surface area contributed by atoms with E-state index >= 15 is 0 Å². The molecule has 1 aliphatic rings. The van der Waals surface area contributed by atoms with Crippen molar-refractivity contribution < 1.29 is 19.4 Å². The van der Waals surface area contributed by atoms with Crippen molar-refractivity contribution in [3.63, 3.8) is 0 Å². The second-order valence-corrected chi connectivity index (χ2v) is 9.31. The van der Waals surface area contributed by atoms with Crippen LogP contribution in [-0.2, 0) is 9.53 Å². The highest BCUT2D eigenvalue weighted by Gasteiger charge is 2.36. The highest BCUT2D eigenvalue weighted by Crippen LogP contribution is 2.40. The Hall–Kier alpha value is -4.17. The normalized spacial score (nSPS) is 15.5. The van der Waals surface area contributed by atoms with Crippen LogP contribution in [-0.4, -0.2) is 29.4 Å². The fourth-order valence-electron chi connectivity index (χ4n) is 4.52. The third kappa shape index (κ3) is 3.99. The number of esters is 1. The fourth-order valence-corrected chi connectivity index (χ4v) is 5.57. The van der Waals surface area contributed by atoms with Crippen LogP contribution in [0.3, 0.4) is 0 Å². The maximum atomic E-state index is 13.9. The number of allylic oxidation sites excluding steroid dienone is 1. The first kappa shape index (κ1) is 23.6. The molecule has 1 N–H and O–H groups in total. The molecule has 1 unspecified atom stereocenters. The average Bonchev–Trinajstić information content (AvgIpc) is 3.18. The number of methoxy groups -OCH3 is 1. The number of phenolic OH excluding ortho intramolecular Hbond substituents is 1. The van der Waals surface area contributed by atoms with Crippen molar-refractivity contribution in [2.75, 3.05) is 13.7 Å². The van der Waals surface area contributed by atoms with E-state index < -0.39 is 12.0 Å². The summed E-state index contributed by atoms with van der Waals surface area (Å²) in [7, 11) is 1.57. The molecule has 0 aliphatic carbocycles. The number of benzene rings is 3. The molecule has 5 rings (SSSR count). The zero-order chi connectivity index (χ0) is 25.4. The lowest BCUT2D eigenvalue weighted by molar-refractivity contribution is -0.139. The van der Waals surface area contributed by atoms with E-state index in [0.29, 0.717) is 31.9 Å². The van der Waals surface area contributed by atoms with Crippen LogP contribution >= 0.6 is 11.3 Å². The van der Waals surface area contributed by atoms with Gasteiger partial charge >= 0.3 is 5.97 Å². The van der Waals surface area contributed by atoms with Gasteiger partial charge in [0.05, 0.1) is 29.5 Å². The number of fused-ring (bicyclic) bond motifs is 2. The summed E-state index contributed by atoms with van der Waals surface area (Å²) in [6, 6.07) is 17.4. The van der Waals surface area contributed by atoms with Crippen molar-refractivity contribution in [1.29, 1.82) is 0 Å². The summed E-state index contributed by atoms with van der Waals surface area (Å²) in [5, 5.41) is 11.4. The number of carbonyl (C=O) groups excluding carboxylic acids is 1. The second kappa shape index (κ2) is 9.47. The molecule has 0 bridgehead atoms. The summed E-state index contributed by atoms with van der Waals surface area (Å²) in [5.74, 6) is 0.182. The summed E-state index contributed by atoms with van der Waals surface area (Å²) in [4.78, 5) is 32.2. The Bertz CT molecular complexity index is 1700. The molecular weight excluding hydrogens is 476 g/mol. The van der Waals surface area contributed by atoms with E-state index in [9.17, 15) is 14.7 Å². The van der Waals surface area contributed by atoms with Crippen LogP contribution < -0.4 is 19.6 Å². The summed E-state index contributed by atoms with van der Waals surface area (Å²) < 4.78 is 13.2. The van der Waals surface area contributed by atoms with Crippen LogP contribution in [0.15, 0.2) is 81.7 Å². The van der Waals surface area contributed by atoms with Gasteiger partial charge in [-0.1, -0.05) is 53.8 Å². The van der Waals surface area contributed by atoms with Crippen LogP contribution in [0.25, 0.3) is 16.8 Å². The molecule has 182 valence electrons. The molecule has 8 heteroatoms. The summed E-state index contributed by atoms with van der Waals surface area (Å²) in [6.07, 6.45) is 1.75. The number of hydrogen-bond acceptors (Lipinski definition) is 7. The van der Waals surface area contributed by atoms with E-state index in [2.05, 4.69) is 4.99 Å². The van der Waals surface area contributed by atoms with Crippen LogP contribution in [0.1, 0.15) is 31.0 Å². The number of nitrogens with zero attached hydrogens (tertiary/aromatic N) is 2. The summed E-state index contributed by atoms with van der Waals surface area (Å²) in [6.45, 7) is 3.70. The summed E-state index contributed by atoms with van der Waals surface area (Å²) >= 11 is 1.25. The topological polar surface area (TPSA) is 90.1 Å². The van der Waals surface area contributed by atoms with Gasteiger partial charge in [-0.25, -0.2) is 9.79 Å². The Morgan fingerprint density at radius 2 is 1.89 bits per heavy atom. The molecule has 1 atom stereocenters. The number of ether oxygens (including phenoxy) is 2. The first-order chi connectivity index (χ1) is 17.4. The van der Waals surface area contributed by atoms with Gasteiger partial charge in [0, 0.05) is 5.56 Å². The fraction of sp³-hybridized carbons (Fsp3) is 0.179. The van der Waals surface area contributed by atoms with Gasteiger partial charge in [-0.15, -0.1) is 0 Å². The Morgan fingerprint density at radius 3 is 2.61 bits per heavy atom. The van der Waals surface area contributed by atoms with Crippen molar-refractivity contribution in [2.45, 2.75) is 19.9 Å². The van der Waals surface area contributed by atoms with Crippen molar-refractivity contribution in [2.24, 2.45) is 4.99 Å². The number of phenols is 1. The summed E-state index contributed by atoms with van der Waals surface area (Å²) in [5.41, 5.74) is 1.98. The van der Waals surface area contributed by atoms with Gasteiger partial charge in [0.15, 0.2) is 4.80 Å². The monoisotopic (exact) mass is 500 g/mol. The van der Waals surface area contributed by atoms with Crippen molar-refractivity contribution in [3.05, 3.63) is 103 Å². The number of hydrogen-bond donors (Lipinski definition) is 1. The first-order valence-electron chi connectivity index (χ1n) is 11.5. The number of aromatic nitrogens is 1. The van der Waals surface area contributed by atoms with Gasteiger partial charge < -0.3 is 14.6 Å². The van der Waals surface area contributed by atoms with Gasteiger partial charge in [-0.05, 0) is 54.5 Å². The minimum atomic E-state index is -0.789.